The highest BCUT2D eigenvalue weighted by Crippen LogP contribution is 2.27. The van der Waals surface area contributed by atoms with Crippen molar-refractivity contribution in [2.45, 2.75) is 43.6 Å². The molecule has 0 aliphatic carbocycles. The number of aryl methyl sites for hydroxylation is 1. The quantitative estimate of drug-likeness (QED) is 0.637. The fraction of sp³-hybridized carbons (Fsp3) is 0.375. The molecule has 2 aliphatic heterocycles. The number of carbonyl (C=O) groups is 1. The Labute approximate surface area is 184 Å². The van der Waals surface area contributed by atoms with Gasteiger partial charge in [-0.1, -0.05) is 30.3 Å². The molecular formula is C24H24N4O4. The number of fused-ring (bicyclic) bond motifs is 3. The van der Waals surface area contributed by atoms with Gasteiger partial charge in [0.1, 0.15) is 6.04 Å². The number of hydrogen-bond acceptors (Lipinski definition) is 6. The summed E-state index contributed by atoms with van der Waals surface area (Å²) in [5, 5.41) is 15.7. The van der Waals surface area contributed by atoms with Crippen molar-refractivity contribution >= 4 is 17.0 Å². The van der Waals surface area contributed by atoms with Crippen LogP contribution in [-0.2, 0) is 23.0 Å². The standard InChI is InChI=1S/C24H24N4O4/c1-28-20-11-16(6-7-21(20)32-24(28)30)15-4-2-14(3-5-15)10-17(13-25)27-23(29)22-19-12-18(31-22)8-9-26-19/h2-7,11,17-19,22,26H,8-10,12H2,1H3,(H,27,29)/t17-,18?,19?,22?/m0/s1. The minimum atomic E-state index is -0.630. The van der Waals surface area contributed by atoms with Crippen molar-refractivity contribution in [2.75, 3.05) is 6.54 Å². The molecule has 3 heterocycles. The van der Waals surface area contributed by atoms with Gasteiger partial charge in [-0.2, -0.15) is 5.26 Å². The Morgan fingerprint density at radius 3 is 2.81 bits per heavy atom. The summed E-state index contributed by atoms with van der Waals surface area (Å²) in [6.45, 7) is 0.858. The van der Waals surface area contributed by atoms with E-state index >= 15 is 0 Å². The number of nitriles is 1. The number of oxazole rings is 1. The molecule has 2 bridgehead atoms. The molecule has 0 saturated carbocycles. The van der Waals surface area contributed by atoms with Gasteiger partial charge < -0.3 is 19.8 Å². The van der Waals surface area contributed by atoms with Gasteiger partial charge >= 0.3 is 5.76 Å². The third-order valence-corrected chi connectivity index (χ3v) is 6.34. The second-order valence-electron chi connectivity index (χ2n) is 8.46. The lowest BCUT2D eigenvalue weighted by Gasteiger charge is -2.20. The summed E-state index contributed by atoms with van der Waals surface area (Å²) in [5.41, 5.74) is 4.18. The average molecular weight is 432 g/mol. The zero-order chi connectivity index (χ0) is 22.2. The number of nitrogens with zero attached hydrogens (tertiary/aromatic N) is 2. The van der Waals surface area contributed by atoms with Crippen LogP contribution >= 0.6 is 0 Å². The molecule has 4 atom stereocenters. The maximum absolute atomic E-state index is 12.7. The van der Waals surface area contributed by atoms with E-state index in [4.69, 9.17) is 9.15 Å². The van der Waals surface area contributed by atoms with Crippen LogP contribution in [0.2, 0.25) is 0 Å². The third-order valence-electron chi connectivity index (χ3n) is 6.34. The van der Waals surface area contributed by atoms with Gasteiger partial charge in [-0.25, -0.2) is 4.79 Å². The van der Waals surface area contributed by atoms with Crippen LogP contribution in [0.1, 0.15) is 18.4 Å². The number of nitrogens with one attached hydrogen (secondary N) is 2. The second-order valence-corrected chi connectivity index (χ2v) is 8.46. The van der Waals surface area contributed by atoms with Crippen molar-refractivity contribution in [2.24, 2.45) is 7.05 Å². The van der Waals surface area contributed by atoms with E-state index in [1.807, 2.05) is 36.4 Å². The molecule has 8 heteroatoms. The fourth-order valence-corrected chi connectivity index (χ4v) is 4.57. The van der Waals surface area contributed by atoms with Gasteiger partial charge in [-0.05, 0) is 48.2 Å². The van der Waals surface area contributed by atoms with E-state index in [1.165, 1.54) is 4.57 Å². The van der Waals surface area contributed by atoms with Crippen LogP contribution in [-0.4, -0.2) is 41.3 Å². The van der Waals surface area contributed by atoms with Crippen molar-refractivity contribution in [3.63, 3.8) is 0 Å². The minimum absolute atomic E-state index is 0.0273. The SMILES string of the molecule is Cn1c(=O)oc2ccc(-c3ccc(C[C@@H](C#N)NC(=O)C4OC5CCNC4C5)cc3)cc21. The van der Waals surface area contributed by atoms with E-state index in [2.05, 4.69) is 16.7 Å². The van der Waals surface area contributed by atoms with E-state index in [9.17, 15) is 14.9 Å². The molecule has 3 unspecified atom stereocenters. The monoisotopic (exact) mass is 432 g/mol. The molecule has 2 N–H and O–H groups in total. The van der Waals surface area contributed by atoms with Gasteiger partial charge in [0.15, 0.2) is 11.7 Å². The summed E-state index contributed by atoms with van der Waals surface area (Å²) in [6, 6.07) is 15.0. The van der Waals surface area contributed by atoms with Crippen molar-refractivity contribution < 1.29 is 13.9 Å². The summed E-state index contributed by atoms with van der Waals surface area (Å²) in [5.74, 6) is -0.617. The summed E-state index contributed by atoms with van der Waals surface area (Å²) >= 11 is 0. The van der Waals surface area contributed by atoms with Gasteiger partial charge in [0.25, 0.3) is 5.91 Å². The van der Waals surface area contributed by atoms with E-state index in [0.717, 1.165) is 41.6 Å². The Bertz CT molecular complexity index is 1250. The lowest BCUT2D eigenvalue weighted by molar-refractivity contribution is -0.132. The molecule has 2 aliphatic rings. The number of rotatable bonds is 5. The zero-order valence-corrected chi connectivity index (χ0v) is 17.7. The molecule has 2 fully saturated rings. The highest BCUT2D eigenvalue weighted by atomic mass is 16.5. The lowest BCUT2D eigenvalue weighted by atomic mass is 10.00. The Hall–Kier alpha value is -3.41. The van der Waals surface area contributed by atoms with Crippen LogP contribution in [0.4, 0.5) is 0 Å². The number of carbonyl (C=O) groups excluding carboxylic acids is 1. The molecule has 1 aromatic heterocycles. The highest BCUT2D eigenvalue weighted by Gasteiger charge is 2.42. The normalized spacial score (nSPS) is 23.1. The van der Waals surface area contributed by atoms with Gasteiger partial charge in [-0.15, -0.1) is 0 Å². The summed E-state index contributed by atoms with van der Waals surface area (Å²) < 4.78 is 12.5. The average Bonchev–Trinajstić information content (AvgIpc) is 3.27. The van der Waals surface area contributed by atoms with Crippen LogP contribution in [0.25, 0.3) is 22.2 Å². The zero-order valence-electron chi connectivity index (χ0n) is 17.7. The van der Waals surface area contributed by atoms with Gasteiger partial charge in [-0.3, -0.25) is 9.36 Å². The van der Waals surface area contributed by atoms with E-state index < -0.39 is 12.1 Å². The van der Waals surface area contributed by atoms with Crippen LogP contribution in [0.3, 0.4) is 0 Å². The molecule has 0 radical (unpaired) electrons. The first-order chi connectivity index (χ1) is 15.5. The van der Waals surface area contributed by atoms with E-state index in [1.54, 1.807) is 13.1 Å². The molecule has 3 aromatic rings. The smallest absolute Gasteiger partial charge is 0.408 e. The molecule has 2 aromatic carbocycles. The number of benzene rings is 2. The highest BCUT2D eigenvalue weighted by molar-refractivity contribution is 5.83. The molecule has 8 nitrogen and oxygen atoms in total. The maximum atomic E-state index is 12.7. The third kappa shape index (κ3) is 3.81. The van der Waals surface area contributed by atoms with Crippen molar-refractivity contribution in [3.8, 4) is 17.2 Å². The Balaban J connectivity index is 1.26. The molecule has 164 valence electrons. The van der Waals surface area contributed by atoms with E-state index in [0.29, 0.717) is 12.0 Å². The largest absolute Gasteiger partial charge is 0.419 e. The predicted molar refractivity (Wildman–Crippen MR) is 118 cm³/mol. The topological polar surface area (TPSA) is 109 Å². The number of hydrogen-bond donors (Lipinski definition) is 2. The van der Waals surface area contributed by atoms with Crippen molar-refractivity contribution in [1.29, 1.82) is 5.26 Å². The van der Waals surface area contributed by atoms with Crippen molar-refractivity contribution in [3.05, 3.63) is 58.6 Å². The van der Waals surface area contributed by atoms with Crippen LogP contribution < -0.4 is 16.4 Å². The first kappa shape index (κ1) is 20.5. The molecule has 1 amide bonds. The van der Waals surface area contributed by atoms with Gasteiger partial charge in [0.05, 0.1) is 17.7 Å². The van der Waals surface area contributed by atoms with Crippen LogP contribution in [0.15, 0.2) is 51.7 Å². The number of ether oxygens (including phenoxy) is 1. The van der Waals surface area contributed by atoms with Crippen LogP contribution in [0.5, 0.6) is 0 Å². The molecule has 2 saturated heterocycles. The summed E-state index contributed by atoms with van der Waals surface area (Å²) in [4.78, 5) is 24.4. The first-order valence-corrected chi connectivity index (χ1v) is 10.8. The number of amides is 1. The van der Waals surface area contributed by atoms with Crippen molar-refractivity contribution in [1.82, 2.24) is 15.2 Å². The second kappa shape index (κ2) is 8.26. The van der Waals surface area contributed by atoms with Gasteiger partial charge in [0, 0.05) is 19.5 Å². The molecule has 0 spiro atoms. The minimum Gasteiger partial charge on any atom is -0.408 e. The van der Waals surface area contributed by atoms with Crippen LogP contribution in [0, 0.1) is 11.3 Å². The number of piperidine rings is 1. The Morgan fingerprint density at radius 1 is 1.28 bits per heavy atom. The molecule has 32 heavy (non-hydrogen) atoms. The summed E-state index contributed by atoms with van der Waals surface area (Å²) in [6.07, 6.45) is 1.77. The molecule has 5 rings (SSSR count). The first-order valence-electron chi connectivity index (χ1n) is 10.8. The Kier molecular flexibility index (Phi) is 5.29. The van der Waals surface area contributed by atoms with E-state index in [-0.39, 0.29) is 23.8 Å². The predicted octanol–water partition coefficient (Wildman–Crippen LogP) is 1.87. The molecular weight excluding hydrogens is 408 g/mol. The Morgan fingerprint density at radius 2 is 2.06 bits per heavy atom. The maximum Gasteiger partial charge on any atom is 0.419 e. The summed E-state index contributed by atoms with van der Waals surface area (Å²) in [7, 11) is 1.68. The van der Waals surface area contributed by atoms with Gasteiger partial charge in [0.2, 0.25) is 0 Å². The number of aromatic nitrogens is 1. The lowest BCUT2D eigenvalue weighted by Crippen LogP contribution is -2.49. The fourth-order valence-electron chi connectivity index (χ4n) is 4.57.